The van der Waals surface area contributed by atoms with Crippen LogP contribution >= 0.6 is 0 Å². The third kappa shape index (κ3) is 2.73. The van der Waals surface area contributed by atoms with Crippen LogP contribution in [-0.4, -0.2) is 20.5 Å². The fraction of sp³-hybridized carbons (Fsp3) is 0.182. The summed E-state index contributed by atoms with van der Waals surface area (Å²) in [4.78, 5) is 14.8. The summed E-state index contributed by atoms with van der Waals surface area (Å²) < 4.78 is 37.6. The van der Waals surface area contributed by atoms with Crippen LogP contribution in [0.1, 0.15) is 16.2 Å². The highest BCUT2D eigenvalue weighted by Crippen LogP contribution is 2.25. The van der Waals surface area contributed by atoms with Gasteiger partial charge in [0.2, 0.25) is 0 Å². The monoisotopic (exact) mass is 255 g/mol. The molecule has 2 rings (SSSR count). The number of alkyl halides is 3. The van der Waals surface area contributed by atoms with Gasteiger partial charge in [-0.3, -0.25) is 4.79 Å². The molecule has 0 aliphatic rings. The Hall–Kier alpha value is -2.18. The number of hydrogen-bond donors (Lipinski definition) is 0. The minimum absolute atomic E-state index is 0.271. The van der Waals surface area contributed by atoms with E-state index in [-0.39, 0.29) is 12.3 Å². The van der Waals surface area contributed by atoms with Gasteiger partial charge in [-0.1, -0.05) is 30.3 Å². The van der Waals surface area contributed by atoms with Gasteiger partial charge < -0.3 is 0 Å². The Labute approximate surface area is 100 Å². The van der Waals surface area contributed by atoms with E-state index < -0.39 is 12.0 Å². The summed E-state index contributed by atoms with van der Waals surface area (Å²) in [5.74, 6) is -1.57. The molecule has 0 atom stereocenters. The smallest absolute Gasteiger partial charge is 0.292 e. The second-order valence-electron chi connectivity index (χ2n) is 3.55. The number of rotatable bonds is 3. The first-order chi connectivity index (χ1) is 8.47. The van der Waals surface area contributed by atoms with Crippen LogP contribution in [0.15, 0.2) is 36.7 Å². The molecule has 7 heteroatoms. The van der Waals surface area contributed by atoms with Gasteiger partial charge >= 0.3 is 6.18 Å². The zero-order chi connectivity index (χ0) is 13.2. The number of hydrogen-bond acceptors (Lipinski definition) is 3. The van der Waals surface area contributed by atoms with E-state index >= 15 is 0 Å². The topological polar surface area (TPSA) is 47.8 Å². The summed E-state index contributed by atoms with van der Waals surface area (Å²) in [5.41, 5.74) is 0.418. The number of aromatic nitrogens is 3. The van der Waals surface area contributed by atoms with Gasteiger partial charge in [-0.25, -0.2) is 9.67 Å². The molecule has 0 fully saturated rings. The van der Waals surface area contributed by atoms with Crippen LogP contribution in [0.4, 0.5) is 13.2 Å². The maximum atomic E-state index is 12.2. The van der Waals surface area contributed by atoms with Crippen molar-refractivity contribution in [2.75, 3.05) is 0 Å². The van der Waals surface area contributed by atoms with Gasteiger partial charge in [-0.05, 0) is 0 Å². The molecule has 1 aromatic heterocycles. The normalized spacial score (nSPS) is 11.5. The number of carbonyl (C=O) groups is 1. The lowest BCUT2D eigenvalue weighted by Gasteiger charge is -2.01. The number of benzene rings is 1. The van der Waals surface area contributed by atoms with E-state index in [1.807, 2.05) is 0 Å². The molecule has 0 saturated heterocycles. The van der Waals surface area contributed by atoms with Gasteiger partial charge in [0.25, 0.3) is 5.82 Å². The summed E-state index contributed by atoms with van der Waals surface area (Å²) in [6.07, 6.45) is -3.70. The lowest BCUT2D eigenvalue weighted by molar-refractivity contribution is -0.145. The molecule has 4 nitrogen and oxygen atoms in total. The van der Waals surface area contributed by atoms with E-state index in [2.05, 4.69) is 10.1 Å². The molecule has 0 aliphatic heterocycles. The van der Waals surface area contributed by atoms with Crippen molar-refractivity contribution in [2.45, 2.75) is 12.7 Å². The number of Topliss-reactive ketones (excluding diaryl/α,β-unsaturated/α-hetero) is 1. The van der Waals surface area contributed by atoms with Crippen molar-refractivity contribution in [3.05, 3.63) is 48.0 Å². The molecule has 0 amide bonds. The first-order valence-electron chi connectivity index (χ1n) is 5.02. The average Bonchev–Trinajstić information content (AvgIpc) is 2.78. The molecule has 94 valence electrons. The standard InChI is InChI=1S/C11H8F3N3O/c12-11(13,14)10-15-7-17(16-10)6-9(18)8-4-2-1-3-5-8/h1-5,7H,6H2. The molecule has 0 saturated carbocycles. The van der Waals surface area contributed by atoms with Crippen molar-refractivity contribution in [1.82, 2.24) is 14.8 Å². The summed E-state index contributed by atoms with van der Waals surface area (Å²) >= 11 is 0. The summed E-state index contributed by atoms with van der Waals surface area (Å²) in [6.45, 7) is -0.271. The molecule has 18 heavy (non-hydrogen) atoms. The highest BCUT2D eigenvalue weighted by molar-refractivity contribution is 5.95. The molecule has 0 N–H and O–H groups in total. The number of nitrogens with zero attached hydrogens (tertiary/aromatic N) is 3. The maximum Gasteiger partial charge on any atom is 0.453 e. The van der Waals surface area contributed by atoms with Crippen molar-refractivity contribution >= 4 is 5.78 Å². The number of carbonyl (C=O) groups excluding carboxylic acids is 1. The Balaban J connectivity index is 2.11. The molecule has 1 heterocycles. The minimum Gasteiger partial charge on any atom is -0.292 e. The van der Waals surface area contributed by atoms with E-state index in [1.165, 1.54) is 0 Å². The molecule has 0 unspecified atom stereocenters. The SMILES string of the molecule is O=C(Cn1cnc(C(F)(F)F)n1)c1ccccc1. The van der Waals surface area contributed by atoms with Crippen molar-refractivity contribution in [1.29, 1.82) is 0 Å². The zero-order valence-electron chi connectivity index (χ0n) is 9.05. The minimum atomic E-state index is -4.60. The molecule has 2 aromatic rings. The highest BCUT2D eigenvalue weighted by Gasteiger charge is 2.35. The fourth-order valence-corrected chi connectivity index (χ4v) is 1.36. The van der Waals surface area contributed by atoms with Crippen LogP contribution in [0, 0.1) is 0 Å². The van der Waals surface area contributed by atoms with E-state index in [1.54, 1.807) is 30.3 Å². The summed E-state index contributed by atoms with van der Waals surface area (Å²) in [7, 11) is 0. The number of ketones is 1. The molecular formula is C11H8F3N3O. The van der Waals surface area contributed by atoms with E-state index in [9.17, 15) is 18.0 Å². The molecule has 0 radical (unpaired) electrons. The first-order valence-corrected chi connectivity index (χ1v) is 5.02. The van der Waals surface area contributed by atoms with Gasteiger partial charge in [0.05, 0.1) is 0 Å². The second kappa shape index (κ2) is 4.59. The lowest BCUT2D eigenvalue weighted by atomic mass is 10.1. The molecule has 0 bridgehead atoms. The lowest BCUT2D eigenvalue weighted by Crippen LogP contribution is -2.13. The van der Waals surface area contributed by atoms with Crippen LogP contribution in [0.25, 0.3) is 0 Å². The average molecular weight is 255 g/mol. The Kier molecular flexibility index (Phi) is 3.14. The molecule has 0 aliphatic carbocycles. The summed E-state index contributed by atoms with van der Waals surface area (Å²) in [6, 6.07) is 8.27. The zero-order valence-corrected chi connectivity index (χ0v) is 9.05. The van der Waals surface area contributed by atoms with Crippen LogP contribution in [0.3, 0.4) is 0 Å². The predicted molar refractivity (Wildman–Crippen MR) is 55.8 cm³/mol. The quantitative estimate of drug-likeness (QED) is 0.790. The van der Waals surface area contributed by atoms with Crippen molar-refractivity contribution < 1.29 is 18.0 Å². The third-order valence-corrected chi connectivity index (χ3v) is 2.19. The van der Waals surface area contributed by atoms with Gasteiger partial charge in [-0.15, -0.1) is 5.10 Å². The van der Waals surface area contributed by atoms with E-state index in [0.29, 0.717) is 5.56 Å². The Morgan fingerprint density at radius 3 is 2.44 bits per heavy atom. The largest absolute Gasteiger partial charge is 0.453 e. The predicted octanol–water partition coefficient (Wildman–Crippen LogP) is 2.18. The Morgan fingerprint density at radius 2 is 1.89 bits per heavy atom. The maximum absolute atomic E-state index is 12.2. The van der Waals surface area contributed by atoms with Crippen molar-refractivity contribution in [3.63, 3.8) is 0 Å². The van der Waals surface area contributed by atoms with Gasteiger partial charge in [0.15, 0.2) is 5.78 Å². The van der Waals surface area contributed by atoms with Gasteiger partial charge in [0, 0.05) is 5.56 Å². The Bertz CT molecular complexity index is 548. The second-order valence-corrected chi connectivity index (χ2v) is 3.55. The van der Waals surface area contributed by atoms with Crippen LogP contribution < -0.4 is 0 Å². The molecule has 1 aromatic carbocycles. The highest BCUT2D eigenvalue weighted by atomic mass is 19.4. The first kappa shape index (κ1) is 12.3. The number of halogens is 3. The van der Waals surface area contributed by atoms with E-state index in [4.69, 9.17) is 0 Å². The van der Waals surface area contributed by atoms with Crippen molar-refractivity contribution in [2.24, 2.45) is 0 Å². The summed E-state index contributed by atoms with van der Waals surface area (Å²) in [5, 5.41) is 3.21. The van der Waals surface area contributed by atoms with Gasteiger partial charge in [0.1, 0.15) is 12.9 Å². The van der Waals surface area contributed by atoms with Crippen LogP contribution in [-0.2, 0) is 12.7 Å². The Morgan fingerprint density at radius 1 is 1.22 bits per heavy atom. The van der Waals surface area contributed by atoms with Crippen molar-refractivity contribution in [3.8, 4) is 0 Å². The van der Waals surface area contributed by atoms with Crippen LogP contribution in [0.5, 0.6) is 0 Å². The van der Waals surface area contributed by atoms with Gasteiger partial charge in [-0.2, -0.15) is 13.2 Å². The molecule has 0 spiro atoms. The van der Waals surface area contributed by atoms with Crippen LogP contribution in [0.2, 0.25) is 0 Å². The van der Waals surface area contributed by atoms with E-state index in [0.717, 1.165) is 11.0 Å². The molecular weight excluding hydrogens is 247 g/mol. The fourth-order valence-electron chi connectivity index (χ4n) is 1.36. The third-order valence-electron chi connectivity index (χ3n) is 2.19.